The summed E-state index contributed by atoms with van der Waals surface area (Å²) in [5.74, 6) is -1.27. The van der Waals surface area contributed by atoms with Crippen molar-refractivity contribution in [2.24, 2.45) is 23.2 Å². The molecule has 144 valence electrons. The summed E-state index contributed by atoms with van der Waals surface area (Å²) in [6.45, 7) is 9.67. The van der Waals surface area contributed by atoms with Crippen molar-refractivity contribution in [3.8, 4) is 0 Å². The van der Waals surface area contributed by atoms with Crippen molar-refractivity contribution >= 4 is 17.7 Å². The molecule has 1 aliphatic carbocycles. The standard InChI is InChI=1S/C18H33N3O4/c1-11(2)10-21(25)17(24)13(12-7-8-12)9-14(22)20-15(16(23)19-6)18(3,4)5/h11-13,15,25H,7-10H2,1-6H3,(H,19,23)(H,20,22)/t13-,15?/m0/s1. The van der Waals surface area contributed by atoms with Crippen LogP contribution >= 0.6 is 0 Å². The largest absolute Gasteiger partial charge is 0.357 e. The van der Waals surface area contributed by atoms with E-state index < -0.39 is 23.3 Å². The van der Waals surface area contributed by atoms with E-state index >= 15 is 0 Å². The predicted octanol–water partition coefficient (Wildman–Crippen LogP) is 1.55. The third kappa shape index (κ3) is 6.65. The molecule has 0 aromatic rings. The minimum absolute atomic E-state index is 0.0117. The van der Waals surface area contributed by atoms with E-state index in [1.54, 1.807) is 0 Å². The van der Waals surface area contributed by atoms with E-state index in [-0.39, 0.29) is 36.6 Å². The molecule has 2 atom stereocenters. The SMILES string of the molecule is CNC(=O)C(NC(=O)C[C@H](C(=O)N(O)CC(C)C)C1CC1)C(C)(C)C. The Hall–Kier alpha value is -1.63. The number of carbonyl (C=O) groups is 3. The molecule has 1 rings (SSSR count). The van der Waals surface area contributed by atoms with Gasteiger partial charge in [0.15, 0.2) is 0 Å². The molecule has 0 bridgehead atoms. The summed E-state index contributed by atoms with van der Waals surface area (Å²) < 4.78 is 0. The van der Waals surface area contributed by atoms with Crippen LogP contribution in [0.2, 0.25) is 0 Å². The van der Waals surface area contributed by atoms with Gasteiger partial charge in [0.1, 0.15) is 6.04 Å². The van der Waals surface area contributed by atoms with Crippen molar-refractivity contribution in [3.63, 3.8) is 0 Å². The summed E-state index contributed by atoms with van der Waals surface area (Å²) in [6.07, 6.45) is 1.76. The van der Waals surface area contributed by atoms with Crippen LogP contribution in [0.25, 0.3) is 0 Å². The van der Waals surface area contributed by atoms with Gasteiger partial charge >= 0.3 is 0 Å². The minimum Gasteiger partial charge on any atom is -0.357 e. The Morgan fingerprint density at radius 3 is 2.16 bits per heavy atom. The van der Waals surface area contributed by atoms with Crippen molar-refractivity contribution in [3.05, 3.63) is 0 Å². The molecule has 0 spiro atoms. The highest BCUT2D eigenvalue weighted by Crippen LogP contribution is 2.39. The lowest BCUT2D eigenvalue weighted by molar-refractivity contribution is -0.173. The first-order chi connectivity index (χ1) is 11.5. The van der Waals surface area contributed by atoms with Crippen LogP contribution in [0.3, 0.4) is 0 Å². The Labute approximate surface area is 150 Å². The molecule has 0 aromatic carbocycles. The predicted molar refractivity (Wildman–Crippen MR) is 94.6 cm³/mol. The van der Waals surface area contributed by atoms with Crippen LogP contribution in [0, 0.1) is 23.2 Å². The molecule has 1 unspecified atom stereocenters. The van der Waals surface area contributed by atoms with Crippen LogP contribution in [0.15, 0.2) is 0 Å². The normalized spacial score (nSPS) is 17.0. The van der Waals surface area contributed by atoms with Crippen molar-refractivity contribution < 1.29 is 19.6 Å². The topological polar surface area (TPSA) is 98.7 Å². The van der Waals surface area contributed by atoms with E-state index in [1.165, 1.54) is 7.05 Å². The molecule has 0 saturated heterocycles. The molecule has 7 heteroatoms. The van der Waals surface area contributed by atoms with Gasteiger partial charge in [0.25, 0.3) is 0 Å². The monoisotopic (exact) mass is 355 g/mol. The highest BCUT2D eigenvalue weighted by atomic mass is 16.5. The number of hydrogen-bond acceptors (Lipinski definition) is 4. The smallest absolute Gasteiger partial charge is 0.249 e. The number of nitrogens with zero attached hydrogens (tertiary/aromatic N) is 1. The Bertz CT molecular complexity index is 495. The maximum Gasteiger partial charge on any atom is 0.249 e. The molecule has 7 nitrogen and oxygen atoms in total. The Kier molecular flexibility index (Phi) is 7.41. The first kappa shape index (κ1) is 21.4. The fourth-order valence-electron chi connectivity index (χ4n) is 2.82. The summed E-state index contributed by atoms with van der Waals surface area (Å²) in [4.78, 5) is 37.0. The minimum atomic E-state index is -0.680. The molecule has 0 aliphatic heterocycles. The molecule has 3 N–H and O–H groups in total. The number of carbonyl (C=O) groups excluding carboxylic acids is 3. The third-order valence-electron chi connectivity index (χ3n) is 4.39. The van der Waals surface area contributed by atoms with E-state index in [0.29, 0.717) is 0 Å². The van der Waals surface area contributed by atoms with E-state index in [2.05, 4.69) is 10.6 Å². The number of likely N-dealkylation sites (N-methyl/N-ethyl adjacent to an activating group) is 1. The molecule has 0 heterocycles. The maximum absolute atomic E-state index is 12.5. The summed E-state index contributed by atoms with van der Waals surface area (Å²) in [5, 5.41) is 16.0. The Morgan fingerprint density at radius 1 is 1.20 bits per heavy atom. The number of rotatable bonds is 8. The van der Waals surface area contributed by atoms with Crippen LogP contribution in [-0.2, 0) is 14.4 Å². The highest BCUT2D eigenvalue weighted by molar-refractivity contribution is 5.90. The number of amides is 3. The van der Waals surface area contributed by atoms with Gasteiger partial charge in [-0.1, -0.05) is 34.6 Å². The molecule has 1 saturated carbocycles. The van der Waals surface area contributed by atoms with Gasteiger partial charge in [0, 0.05) is 13.5 Å². The maximum atomic E-state index is 12.5. The average Bonchev–Trinajstić information content (AvgIpc) is 3.31. The van der Waals surface area contributed by atoms with Gasteiger partial charge in [0.05, 0.1) is 12.5 Å². The molecule has 0 aromatic heterocycles. The quantitative estimate of drug-likeness (QED) is 0.454. The Morgan fingerprint density at radius 2 is 1.76 bits per heavy atom. The molecular formula is C18H33N3O4. The second-order valence-electron chi connectivity index (χ2n) is 8.44. The van der Waals surface area contributed by atoms with Gasteiger partial charge in [-0.05, 0) is 30.1 Å². The Balaban J connectivity index is 2.76. The van der Waals surface area contributed by atoms with Gasteiger partial charge in [-0.25, -0.2) is 5.06 Å². The fraction of sp³-hybridized carbons (Fsp3) is 0.833. The fourth-order valence-corrected chi connectivity index (χ4v) is 2.82. The van der Waals surface area contributed by atoms with Crippen LogP contribution in [0.5, 0.6) is 0 Å². The van der Waals surface area contributed by atoms with Gasteiger partial charge in [-0.2, -0.15) is 0 Å². The zero-order valence-electron chi connectivity index (χ0n) is 16.3. The van der Waals surface area contributed by atoms with Crippen molar-refractivity contribution in [2.75, 3.05) is 13.6 Å². The van der Waals surface area contributed by atoms with Crippen molar-refractivity contribution in [2.45, 2.75) is 59.9 Å². The molecule has 25 heavy (non-hydrogen) atoms. The van der Waals surface area contributed by atoms with Crippen LogP contribution < -0.4 is 10.6 Å². The van der Waals surface area contributed by atoms with Gasteiger partial charge < -0.3 is 10.6 Å². The summed E-state index contributed by atoms with van der Waals surface area (Å²) in [7, 11) is 1.53. The number of hydroxylamine groups is 2. The van der Waals surface area contributed by atoms with E-state index in [4.69, 9.17) is 0 Å². The average molecular weight is 355 g/mol. The van der Waals surface area contributed by atoms with Crippen molar-refractivity contribution in [1.82, 2.24) is 15.7 Å². The molecule has 3 amide bonds. The third-order valence-corrected chi connectivity index (χ3v) is 4.39. The second kappa shape index (κ2) is 8.65. The van der Waals surface area contributed by atoms with Gasteiger partial charge in [0.2, 0.25) is 17.7 Å². The molecule has 0 radical (unpaired) electrons. The zero-order valence-corrected chi connectivity index (χ0v) is 16.3. The van der Waals surface area contributed by atoms with Crippen LogP contribution in [-0.4, -0.2) is 47.6 Å². The van der Waals surface area contributed by atoms with Crippen LogP contribution in [0.4, 0.5) is 0 Å². The molecule has 1 fully saturated rings. The van der Waals surface area contributed by atoms with Crippen molar-refractivity contribution in [1.29, 1.82) is 0 Å². The summed E-state index contributed by atoms with van der Waals surface area (Å²) >= 11 is 0. The molecule has 1 aliphatic rings. The lowest BCUT2D eigenvalue weighted by Crippen LogP contribution is -2.53. The molecular weight excluding hydrogens is 322 g/mol. The van der Waals surface area contributed by atoms with Gasteiger partial charge in [-0.3, -0.25) is 19.6 Å². The van der Waals surface area contributed by atoms with Gasteiger partial charge in [-0.15, -0.1) is 0 Å². The zero-order chi connectivity index (χ0) is 19.4. The van der Waals surface area contributed by atoms with E-state index in [0.717, 1.165) is 17.9 Å². The lowest BCUT2D eigenvalue weighted by atomic mass is 9.85. The first-order valence-electron chi connectivity index (χ1n) is 8.98. The summed E-state index contributed by atoms with van der Waals surface area (Å²) in [6, 6.07) is -0.680. The van der Waals surface area contributed by atoms with E-state index in [9.17, 15) is 19.6 Å². The second-order valence-corrected chi connectivity index (χ2v) is 8.44. The number of hydrogen-bond donors (Lipinski definition) is 3. The highest BCUT2D eigenvalue weighted by Gasteiger charge is 2.40. The first-order valence-corrected chi connectivity index (χ1v) is 8.98. The summed E-state index contributed by atoms with van der Waals surface area (Å²) in [5.41, 5.74) is -0.449. The number of nitrogens with one attached hydrogen (secondary N) is 2. The van der Waals surface area contributed by atoms with E-state index in [1.807, 2.05) is 34.6 Å². The van der Waals surface area contributed by atoms with Crippen LogP contribution in [0.1, 0.15) is 53.9 Å². The lowest BCUT2D eigenvalue weighted by Gasteiger charge is -2.30.